The summed E-state index contributed by atoms with van der Waals surface area (Å²) in [6.45, 7) is 9.05. The fourth-order valence-electron chi connectivity index (χ4n) is 0.833. The molecule has 0 saturated heterocycles. The molecule has 0 heterocycles. The van der Waals surface area contributed by atoms with E-state index in [1.807, 2.05) is 0 Å². The third kappa shape index (κ3) is 4.56. The van der Waals surface area contributed by atoms with Crippen molar-refractivity contribution in [2.24, 2.45) is 0 Å². The lowest BCUT2D eigenvalue weighted by molar-refractivity contribution is 0.803. The molecule has 0 aromatic heterocycles. The van der Waals surface area contributed by atoms with Gasteiger partial charge in [0.2, 0.25) is 0 Å². The monoisotopic (exact) mass is 125 g/mol. The molecule has 0 bridgehead atoms. The van der Waals surface area contributed by atoms with E-state index in [1.54, 1.807) is 0 Å². The maximum atomic E-state index is 2.44. The van der Waals surface area contributed by atoms with Gasteiger partial charge in [-0.2, -0.15) is 0 Å². The smallest absolute Gasteiger partial charge is 0.0716 e. The first-order valence-corrected chi connectivity index (χ1v) is 4.05. The highest BCUT2D eigenvalue weighted by molar-refractivity contribution is 6.39. The minimum atomic E-state index is 0.806. The molecule has 53 valence electrons. The molecule has 0 aliphatic carbocycles. The van der Waals surface area contributed by atoms with E-state index in [0.717, 1.165) is 11.6 Å². The maximum absolute atomic E-state index is 2.44. The van der Waals surface area contributed by atoms with Crippen molar-refractivity contribution in [3.8, 4) is 0 Å². The zero-order valence-electron chi connectivity index (χ0n) is 7.15. The van der Waals surface area contributed by atoms with Crippen molar-refractivity contribution in [3.63, 3.8) is 0 Å². The lowest BCUT2D eigenvalue weighted by Crippen LogP contribution is -2.03. The molecular formula is C8H18B. The Morgan fingerprint density at radius 3 is 1.56 bits per heavy atom. The SMILES string of the molecule is CCC(C)[B]C(C)CC. The highest BCUT2D eigenvalue weighted by Crippen LogP contribution is 2.16. The van der Waals surface area contributed by atoms with Crippen LogP contribution >= 0.6 is 0 Å². The molecule has 0 aromatic carbocycles. The Morgan fingerprint density at radius 1 is 1.00 bits per heavy atom. The van der Waals surface area contributed by atoms with Crippen LogP contribution in [0, 0.1) is 0 Å². The van der Waals surface area contributed by atoms with Gasteiger partial charge >= 0.3 is 0 Å². The van der Waals surface area contributed by atoms with Crippen molar-refractivity contribution >= 4 is 7.28 Å². The Bertz CT molecular complexity index is 53.6. The summed E-state index contributed by atoms with van der Waals surface area (Å²) in [5.74, 6) is 1.61. The molecule has 1 radical (unpaired) electrons. The highest BCUT2D eigenvalue weighted by Gasteiger charge is 2.05. The van der Waals surface area contributed by atoms with Gasteiger partial charge in [-0.1, -0.05) is 52.2 Å². The molecule has 0 rings (SSSR count). The molecule has 0 aromatic rings. The third-order valence-corrected chi connectivity index (χ3v) is 1.94. The van der Waals surface area contributed by atoms with E-state index in [9.17, 15) is 0 Å². The molecule has 0 spiro atoms. The fraction of sp³-hybridized carbons (Fsp3) is 1.00. The van der Waals surface area contributed by atoms with Gasteiger partial charge in [0.05, 0.1) is 0 Å². The van der Waals surface area contributed by atoms with Gasteiger partial charge in [-0.15, -0.1) is 0 Å². The van der Waals surface area contributed by atoms with Crippen LogP contribution in [0.25, 0.3) is 0 Å². The van der Waals surface area contributed by atoms with Crippen LogP contribution in [-0.2, 0) is 0 Å². The van der Waals surface area contributed by atoms with Crippen molar-refractivity contribution in [2.45, 2.75) is 52.2 Å². The predicted molar refractivity (Wildman–Crippen MR) is 45.2 cm³/mol. The molecule has 0 amide bonds. The summed E-state index contributed by atoms with van der Waals surface area (Å²) in [7, 11) is 2.44. The molecule has 2 atom stereocenters. The van der Waals surface area contributed by atoms with E-state index in [4.69, 9.17) is 0 Å². The van der Waals surface area contributed by atoms with Gasteiger partial charge in [0.25, 0.3) is 0 Å². The lowest BCUT2D eigenvalue weighted by atomic mass is 9.54. The fourth-order valence-corrected chi connectivity index (χ4v) is 0.833. The first-order chi connectivity index (χ1) is 4.20. The van der Waals surface area contributed by atoms with Crippen LogP contribution in [0.1, 0.15) is 40.5 Å². The average molecular weight is 125 g/mol. The molecular weight excluding hydrogens is 107 g/mol. The van der Waals surface area contributed by atoms with Crippen molar-refractivity contribution in [1.29, 1.82) is 0 Å². The number of hydrogen-bond donors (Lipinski definition) is 0. The van der Waals surface area contributed by atoms with Crippen molar-refractivity contribution in [3.05, 3.63) is 0 Å². The second-order valence-electron chi connectivity index (χ2n) is 2.96. The van der Waals surface area contributed by atoms with E-state index in [1.165, 1.54) is 12.8 Å². The topological polar surface area (TPSA) is 0 Å². The molecule has 0 nitrogen and oxygen atoms in total. The molecule has 2 unspecified atom stereocenters. The van der Waals surface area contributed by atoms with Crippen molar-refractivity contribution in [2.75, 3.05) is 0 Å². The van der Waals surface area contributed by atoms with Gasteiger partial charge < -0.3 is 0 Å². The van der Waals surface area contributed by atoms with E-state index in [-0.39, 0.29) is 0 Å². The molecule has 0 saturated carbocycles. The van der Waals surface area contributed by atoms with Crippen molar-refractivity contribution in [1.82, 2.24) is 0 Å². The maximum Gasteiger partial charge on any atom is 0.117 e. The molecule has 1 heteroatoms. The van der Waals surface area contributed by atoms with Gasteiger partial charge in [0.1, 0.15) is 7.28 Å². The summed E-state index contributed by atoms with van der Waals surface area (Å²) in [4.78, 5) is 0. The Kier molecular flexibility index (Phi) is 4.93. The van der Waals surface area contributed by atoms with E-state index < -0.39 is 0 Å². The Morgan fingerprint density at radius 2 is 1.33 bits per heavy atom. The van der Waals surface area contributed by atoms with Crippen LogP contribution in [0.3, 0.4) is 0 Å². The third-order valence-electron chi connectivity index (χ3n) is 1.94. The quantitative estimate of drug-likeness (QED) is 0.506. The van der Waals surface area contributed by atoms with Crippen LogP contribution in [-0.4, -0.2) is 7.28 Å². The summed E-state index contributed by atoms with van der Waals surface area (Å²) >= 11 is 0. The second-order valence-corrected chi connectivity index (χ2v) is 2.96. The van der Waals surface area contributed by atoms with Crippen LogP contribution in [0.15, 0.2) is 0 Å². The summed E-state index contributed by atoms with van der Waals surface area (Å²) in [6.07, 6.45) is 2.56. The molecule has 9 heavy (non-hydrogen) atoms. The van der Waals surface area contributed by atoms with Gasteiger partial charge in [-0.25, -0.2) is 0 Å². The minimum Gasteiger partial charge on any atom is -0.0716 e. The first kappa shape index (κ1) is 9.06. The van der Waals surface area contributed by atoms with E-state index in [0.29, 0.717) is 0 Å². The molecule has 0 aliphatic heterocycles. The van der Waals surface area contributed by atoms with Gasteiger partial charge in [-0.05, 0) is 0 Å². The Hall–Kier alpha value is 0.0649. The normalized spacial score (nSPS) is 16.9. The Labute approximate surface area is 60.3 Å². The first-order valence-electron chi connectivity index (χ1n) is 4.05. The average Bonchev–Trinajstić information content (AvgIpc) is 1.87. The summed E-state index contributed by atoms with van der Waals surface area (Å²) in [6, 6.07) is 0. The standard InChI is InChI=1S/C8H18B/c1-5-7(3)9-8(4)6-2/h7-8H,5-6H2,1-4H3. The highest BCUT2D eigenvalue weighted by atomic mass is 13.9. The number of rotatable bonds is 4. The predicted octanol–water partition coefficient (Wildman–Crippen LogP) is 3.13. The zero-order chi connectivity index (χ0) is 7.28. The lowest BCUT2D eigenvalue weighted by Gasteiger charge is -2.10. The van der Waals surface area contributed by atoms with Gasteiger partial charge in [0, 0.05) is 0 Å². The van der Waals surface area contributed by atoms with Crippen LogP contribution < -0.4 is 0 Å². The summed E-state index contributed by atoms with van der Waals surface area (Å²) < 4.78 is 0. The van der Waals surface area contributed by atoms with Gasteiger partial charge in [-0.3, -0.25) is 0 Å². The summed E-state index contributed by atoms with van der Waals surface area (Å²) in [5.41, 5.74) is 0. The second kappa shape index (κ2) is 4.90. The summed E-state index contributed by atoms with van der Waals surface area (Å²) in [5, 5.41) is 0. The van der Waals surface area contributed by atoms with Gasteiger partial charge in [0.15, 0.2) is 0 Å². The van der Waals surface area contributed by atoms with Crippen LogP contribution in [0.4, 0.5) is 0 Å². The van der Waals surface area contributed by atoms with Crippen LogP contribution in [0.2, 0.25) is 11.6 Å². The van der Waals surface area contributed by atoms with E-state index >= 15 is 0 Å². The molecule has 0 N–H and O–H groups in total. The molecule has 0 fully saturated rings. The van der Waals surface area contributed by atoms with Crippen LogP contribution in [0.5, 0.6) is 0 Å². The minimum absolute atomic E-state index is 0.806. The van der Waals surface area contributed by atoms with Crippen molar-refractivity contribution < 1.29 is 0 Å². The number of hydrogen-bond acceptors (Lipinski definition) is 0. The Balaban J connectivity index is 3.22. The molecule has 0 aliphatic rings. The van der Waals surface area contributed by atoms with E-state index in [2.05, 4.69) is 35.0 Å². The largest absolute Gasteiger partial charge is 0.117 e. The zero-order valence-corrected chi connectivity index (χ0v) is 7.15.